The van der Waals surface area contributed by atoms with Gasteiger partial charge in [-0.3, -0.25) is 4.79 Å². The number of nitrogens with zero attached hydrogens (tertiary/aromatic N) is 1. The molecular formula is C11H12N2O5S. The molecule has 102 valence electrons. The SMILES string of the molecule is N#Cc1ccccc1CS(=O)(=O)N[C@@H](CO)C(=O)O. The molecule has 0 bridgehead atoms. The highest BCUT2D eigenvalue weighted by Gasteiger charge is 2.24. The number of nitriles is 1. The summed E-state index contributed by atoms with van der Waals surface area (Å²) in [6.07, 6.45) is 0. The van der Waals surface area contributed by atoms with Crippen molar-refractivity contribution in [3.63, 3.8) is 0 Å². The molecule has 0 amide bonds. The summed E-state index contributed by atoms with van der Waals surface area (Å²) in [5, 5.41) is 26.3. The topological polar surface area (TPSA) is 127 Å². The van der Waals surface area contributed by atoms with Crippen LogP contribution in [0, 0.1) is 11.3 Å². The van der Waals surface area contributed by atoms with Crippen LogP contribution in [-0.4, -0.2) is 37.2 Å². The Bertz CT molecular complexity index is 606. The molecule has 7 nitrogen and oxygen atoms in total. The Labute approximate surface area is 110 Å². The fourth-order valence-corrected chi connectivity index (χ4v) is 2.74. The zero-order valence-electron chi connectivity index (χ0n) is 9.78. The van der Waals surface area contributed by atoms with Gasteiger partial charge < -0.3 is 10.2 Å². The lowest BCUT2D eigenvalue weighted by molar-refractivity contribution is -0.139. The Morgan fingerprint density at radius 2 is 2.05 bits per heavy atom. The van der Waals surface area contributed by atoms with Crippen LogP contribution >= 0.6 is 0 Å². The average molecular weight is 284 g/mol. The van der Waals surface area contributed by atoms with E-state index in [4.69, 9.17) is 15.5 Å². The third-order valence-corrected chi connectivity index (χ3v) is 3.62. The third-order valence-electron chi connectivity index (χ3n) is 2.29. The van der Waals surface area contributed by atoms with Gasteiger partial charge in [0.25, 0.3) is 0 Å². The number of aliphatic hydroxyl groups is 1. The highest BCUT2D eigenvalue weighted by atomic mass is 32.2. The van der Waals surface area contributed by atoms with Gasteiger partial charge in [-0.1, -0.05) is 18.2 Å². The predicted molar refractivity (Wildman–Crippen MR) is 65.4 cm³/mol. The normalized spacial score (nSPS) is 12.6. The minimum Gasteiger partial charge on any atom is -0.480 e. The maximum atomic E-state index is 11.7. The maximum absolute atomic E-state index is 11.7. The van der Waals surface area contributed by atoms with E-state index in [2.05, 4.69) is 0 Å². The van der Waals surface area contributed by atoms with Crippen LogP contribution in [0.15, 0.2) is 24.3 Å². The van der Waals surface area contributed by atoms with Crippen LogP contribution in [0.3, 0.4) is 0 Å². The molecule has 0 saturated carbocycles. The van der Waals surface area contributed by atoms with Crippen molar-refractivity contribution >= 4 is 16.0 Å². The first-order valence-electron chi connectivity index (χ1n) is 5.21. The minimum atomic E-state index is -3.97. The summed E-state index contributed by atoms with van der Waals surface area (Å²) in [4.78, 5) is 10.6. The lowest BCUT2D eigenvalue weighted by Crippen LogP contribution is -2.43. The first kappa shape index (κ1) is 15.1. The van der Waals surface area contributed by atoms with Gasteiger partial charge >= 0.3 is 5.97 Å². The van der Waals surface area contributed by atoms with Crippen molar-refractivity contribution in [3.8, 4) is 6.07 Å². The smallest absolute Gasteiger partial charge is 0.324 e. The van der Waals surface area contributed by atoms with Crippen molar-refractivity contribution in [1.29, 1.82) is 5.26 Å². The van der Waals surface area contributed by atoms with E-state index in [1.165, 1.54) is 12.1 Å². The molecule has 0 fully saturated rings. The molecule has 0 heterocycles. The monoisotopic (exact) mass is 284 g/mol. The number of carbonyl (C=O) groups is 1. The van der Waals surface area contributed by atoms with Gasteiger partial charge in [0.2, 0.25) is 10.0 Å². The Hall–Kier alpha value is -1.95. The Morgan fingerprint density at radius 3 is 2.58 bits per heavy atom. The second-order valence-corrected chi connectivity index (χ2v) is 5.47. The van der Waals surface area contributed by atoms with E-state index in [1.54, 1.807) is 12.1 Å². The van der Waals surface area contributed by atoms with Crippen molar-refractivity contribution < 1.29 is 23.4 Å². The number of carboxylic acids is 1. The molecule has 0 unspecified atom stereocenters. The first-order chi connectivity index (χ1) is 8.89. The summed E-state index contributed by atoms with van der Waals surface area (Å²) >= 11 is 0. The van der Waals surface area contributed by atoms with E-state index >= 15 is 0 Å². The molecule has 1 rings (SSSR count). The number of sulfonamides is 1. The first-order valence-corrected chi connectivity index (χ1v) is 6.86. The summed E-state index contributed by atoms with van der Waals surface area (Å²) in [7, 11) is -3.97. The predicted octanol–water partition coefficient (Wildman–Crippen LogP) is -0.577. The number of hydrogen-bond donors (Lipinski definition) is 3. The molecular weight excluding hydrogens is 272 g/mol. The molecule has 0 aromatic heterocycles. The van der Waals surface area contributed by atoms with Crippen molar-refractivity contribution in [2.45, 2.75) is 11.8 Å². The summed E-state index contributed by atoms with van der Waals surface area (Å²) < 4.78 is 25.3. The summed E-state index contributed by atoms with van der Waals surface area (Å²) in [6.45, 7) is -0.853. The van der Waals surface area contributed by atoms with Gasteiger partial charge in [0.1, 0.15) is 6.04 Å². The summed E-state index contributed by atoms with van der Waals surface area (Å²) in [5.41, 5.74) is 0.461. The molecule has 0 aliphatic carbocycles. The minimum absolute atomic E-state index is 0.198. The van der Waals surface area contributed by atoms with Crippen LogP contribution in [0.2, 0.25) is 0 Å². The quantitative estimate of drug-likeness (QED) is 0.641. The van der Waals surface area contributed by atoms with Crippen LogP contribution in [0.25, 0.3) is 0 Å². The van der Waals surface area contributed by atoms with E-state index in [-0.39, 0.29) is 11.1 Å². The highest BCUT2D eigenvalue weighted by molar-refractivity contribution is 7.88. The van der Waals surface area contributed by atoms with Crippen LogP contribution in [0.4, 0.5) is 0 Å². The van der Waals surface area contributed by atoms with E-state index in [1.807, 2.05) is 10.8 Å². The molecule has 0 aliphatic heterocycles. The van der Waals surface area contributed by atoms with Crippen LogP contribution in [-0.2, 0) is 20.6 Å². The van der Waals surface area contributed by atoms with Crippen molar-refractivity contribution in [1.82, 2.24) is 4.72 Å². The standard InChI is InChI=1S/C11H12N2O5S/c12-5-8-3-1-2-4-9(8)7-19(17,18)13-10(6-14)11(15)16/h1-4,10,13-14H,6-7H2,(H,15,16)/t10-/m0/s1. The van der Waals surface area contributed by atoms with E-state index in [9.17, 15) is 13.2 Å². The Balaban J connectivity index is 2.92. The zero-order chi connectivity index (χ0) is 14.5. The third kappa shape index (κ3) is 4.33. The molecule has 1 atom stereocenters. The van der Waals surface area contributed by atoms with E-state index in [0.29, 0.717) is 0 Å². The van der Waals surface area contributed by atoms with E-state index in [0.717, 1.165) is 0 Å². The van der Waals surface area contributed by atoms with Gasteiger partial charge in [-0.25, -0.2) is 8.42 Å². The number of rotatable bonds is 6. The van der Waals surface area contributed by atoms with Crippen molar-refractivity contribution in [3.05, 3.63) is 35.4 Å². The molecule has 0 saturated heterocycles. The molecule has 1 aromatic rings. The number of aliphatic carboxylic acids is 1. The second kappa shape index (κ2) is 6.29. The Morgan fingerprint density at radius 1 is 1.42 bits per heavy atom. The summed E-state index contributed by atoms with van der Waals surface area (Å²) in [5.74, 6) is -2.00. The average Bonchev–Trinajstić information content (AvgIpc) is 2.36. The molecule has 0 aliphatic rings. The van der Waals surface area contributed by atoms with Crippen LogP contribution in [0.5, 0.6) is 0 Å². The number of nitrogens with one attached hydrogen (secondary N) is 1. The van der Waals surface area contributed by atoms with E-state index < -0.39 is 34.4 Å². The Kier molecular flexibility index (Phi) is 5.00. The molecule has 19 heavy (non-hydrogen) atoms. The molecule has 0 spiro atoms. The molecule has 1 aromatic carbocycles. The second-order valence-electron chi connectivity index (χ2n) is 3.72. The number of carboxylic acid groups (broad SMARTS) is 1. The number of hydrogen-bond acceptors (Lipinski definition) is 5. The summed E-state index contributed by atoms with van der Waals surface area (Å²) in [6, 6.07) is 6.35. The van der Waals surface area contributed by atoms with Gasteiger partial charge in [-0.05, 0) is 11.6 Å². The largest absolute Gasteiger partial charge is 0.480 e. The van der Waals surface area contributed by atoms with Crippen molar-refractivity contribution in [2.75, 3.05) is 6.61 Å². The number of aliphatic hydroxyl groups excluding tert-OH is 1. The number of benzene rings is 1. The van der Waals surface area contributed by atoms with Gasteiger partial charge in [0.15, 0.2) is 0 Å². The molecule has 3 N–H and O–H groups in total. The van der Waals surface area contributed by atoms with Crippen LogP contribution < -0.4 is 4.72 Å². The highest BCUT2D eigenvalue weighted by Crippen LogP contribution is 2.11. The maximum Gasteiger partial charge on any atom is 0.324 e. The van der Waals surface area contributed by atoms with Gasteiger partial charge in [-0.15, -0.1) is 0 Å². The fraction of sp³-hybridized carbons (Fsp3) is 0.273. The zero-order valence-corrected chi connectivity index (χ0v) is 10.6. The van der Waals surface area contributed by atoms with Gasteiger partial charge in [0, 0.05) is 0 Å². The lowest BCUT2D eigenvalue weighted by atomic mass is 10.1. The molecule has 0 radical (unpaired) electrons. The van der Waals surface area contributed by atoms with Gasteiger partial charge in [0.05, 0.1) is 24.0 Å². The lowest BCUT2D eigenvalue weighted by Gasteiger charge is -2.12. The van der Waals surface area contributed by atoms with Crippen molar-refractivity contribution in [2.24, 2.45) is 0 Å². The van der Waals surface area contributed by atoms with Gasteiger partial charge in [-0.2, -0.15) is 9.98 Å². The fourth-order valence-electron chi connectivity index (χ4n) is 1.38. The van der Waals surface area contributed by atoms with Crippen LogP contribution in [0.1, 0.15) is 11.1 Å². The molecule has 8 heteroatoms.